The minimum absolute atomic E-state index is 0.267. The number of carbonyl (C=O) groups is 2. The molecule has 0 unspecified atom stereocenters. The largest absolute Gasteiger partial charge is 0.471 e. The summed E-state index contributed by atoms with van der Waals surface area (Å²) in [5.41, 5.74) is 0.134. The zero-order chi connectivity index (χ0) is 16.3. The molecular weight excluding hydrogens is 285 g/mol. The van der Waals surface area contributed by atoms with Gasteiger partial charge >= 0.3 is 12.1 Å². The number of para-hydroxylation sites is 1. The molecular formula is C14H17F3N2O2. The van der Waals surface area contributed by atoms with Crippen LogP contribution >= 0.6 is 0 Å². The molecule has 1 rings (SSSR count). The fourth-order valence-electron chi connectivity index (χ4n) is 1.38. The van der Waals surface area contributed by atoms with Gasteiger partial charge in [0.15, 0.2) is 0 Å². The van der Waals surface area contributed by atoms with Crippen molar-refractivity contribution in [1.29, 1.82) is 0 Å². The molecule has 21 heavy (non-hydrogen) atoms. The summed E-state index contributed by atoms with van der Waals surface area (Å²) in [7, 11) is 0. The van der Waals surface area contributed by atoms with Crippen molar-refractivity contribution in [2.45, 2.75) is 33.5 Å². The summed E-state index contributed by atoms with van der Waals surface area (Å²) < 4.78 is 36.4. The molecule has 7 heteroatoms. The number of halogens is 3. The fraction of sp³-hybridized carbons (Fsp3) is 0.429. The monoisotopic (exact) mass is 302 g/mol. The van der Waals surface area contributed by atoms with Gasteiger partial charge in [0.25, 0.3) is 0 Å². The van der Waals surface area contributed by atoms with Gasteiger partial charge in [-0.2, -0.15) is 13.2 Å². The zero-order valence-electron chi connectivity index (χ0n) is 12.0. The van der Waals surface area contributed by atoms with Crippen LogP contribution in [-0.4, -0.2) is 18.0 Å². The number of amides is 2. The van der Waals surface area contributed by atoms with Crippen molar-refractivity contribution < 1.29 is 22.8 Å². The number of hydrogen-bond donors (Lipinski definition) is 2. The Morgan fingerprint density at radius 2 is 1.62 bits per heavy atom. The van der Waals surface area contributed by atoms with Crippen molar-refractivity contribution in [1.82, 2.24) is 5.32 Å². The second-order valence-electron chi connectivity index (χ2n) is 5.54. The average molecular weight is 302 g/mol. The molecule has 0 saturated heterocycles. The van der Waals surface area contributed by atoms with Crippen LogP contribution in [0.2, 0.25) is 0 Å². The first-order valence-corrected chi connectivity index (χ1v) is 6.26. The number of alkyl halides is 3. The second-order valence-corrected chi connectivity index (χ2v) is 5.54. The Morgan fingerprint density at radius 1 is 1.05 bits per heavy atom. The van der Waals surface area contributed by atoms with Gasteiger partial charge in [-0.3, -0.25) is 9.59 Å². The fourth-order valence-corrected chi connectivity index (χ4v) is 1.38. The lowest BCUT2D eigenvalue weighted by Crippen LogP contribution is -2.36. The lowest BCUT2D eigenvalue weighted by atomic mass is 9.95. The van der Waals surface area contributed by atoms with Gasteiger partial charge in [-0.1, -0.05) is 39.0 Å². The van der Waals surface area contributed by atoms with Gasteiger partial charge in [-0.25, -0.2) is 0 Å². The molecule has 1 aromatic rings. The van der Waals surface area contributed by atoms with Gasteiger partial charge in [0.1, 0.15) is 0 Å². The Bertz CT molecular complexity index is 534. The van der Waals surface area contributed by atoms with E-state index in [9.17, 15) is 22.8 Å². The van der Waals surface area contributed by atoms with Crippen LogP contribution in [0.3, 0.4) is 0 Å². The predicted octanol–water partition coefficient (Wildman–Crippen LogP) is 2.85. The van der Waals surface area contributed by atoms with Gasteiger partial charge in [-0.05, 0) is 11.6 Å². The lowest BCUT2D eigenvalue weighted by molar-refractivity contribution is -0.173. The van der Waals surface area contributed by atoms with Gasteiger partial charge in [0.2, 0.25) is 5.91 Å². The number of anilines is 1. The zero-order valence-corrected chi connectivity index (χ0v) is 12.0. The summed E-state index contributed by atoms with van der Waals surface area (Å²) in [5, 5.41) is 4.42. The number of nitrogens with one attached hydrogen (secondary N) is 2. The van der Waals surface area contributed by atoms with Crippen LogP contribution in [0.15, 0.2) is 24.3 Å². The number of benzene rings is 1. The highest BCUT2D eigenvalue weighted by Crippen LogP contribution is 2.21. The second kappa shape index (κ2) is 6.15. The third-order valence-electron chi connectivity index (χ3n) is 2.64. The summed E-state index contributed by atoms with van der Waals surface area (Å²) in [6, 6.07) is 6.36. The van der Waals surface area contributed by atoms with Crippen LogP contribution in [0.5, 0.6) is 0 Å². The Labute approximate surface area is 120 Å². The summed E-state index contributed by atoms with van der Waals surface area (Å²) >= 11 is 0. The maximum atomic E-state index is 12.1. The molecule has 0 saturated carbocycles. The van der Waals surface area contributed by atoms with E-state index in [2.05, 4.69) is 5.32 Å². The van der Waals surface area contributed by atoms with Gasteiger partial charge in [0, 0.05) is 17.6 Å². The molecule has 1 aromatic carbocycles. The minimum Gasteiger partial charge on any atom is -0.344 e. The number of hydrogen-bond acceptors (Lipinski definition) is 2. The third-order valence-corrected chi connectivity index (χ3v) is 2.64. The molecule has 0 fully saturated rings. The highest BCUT2D eigenvalue weighted by Gasteiger charge is 2.38. The van der Waals surface area contributed by atoms with E-state index >= 15 is 0 Å². The highest BCUT2D eigenvalue weighted by atomic mass is 19.4. The van der Waals surface area contributed by atoms with Crippen molar-refractivity contribution >= 4 is 17.5 Å². The Balaban J connectivity index is 2.81. The Kier molecular flexibility index (Phi) is 4.98. The van der Waals surface area contributed by atoms with Crippen LogP contribution in [0.4, 0.5) is 18.9 Å². The first-order valence-electron chi connectivity index (χ1n) is 6.26. The topological polar surface area (TPSA) is 58.2 Å². The third kappa shape index (κ3) is 5.09. The van der Waals surface area contributed by atoms with E-state index < -0.39 is 17.5 Å². The highest BCUT2D eigenvalue weighted by molar-refractivity contribution is 5.95. The minimum atomic E-state index is -4.93. The molecule has 0 aliphatic rings. The molecule has 0 atom stereocenters. The molecule has 4 nitrogen and oxygen atoms in total. The standard InChI is InChI=1S/C14H17F3N2O2/c1-13(2,3)11(20)19-10-7-5-4-6-9(10)8-18-12(21)14(15,16)17/h4-7H,8H2,1-3H3,(H,18,21)(H,19,20). The van der Waals surface area contributed by atoms with Crippen LogP contribution in [0.1, 0.15) is 26.3 Å². The van der Waals surface area contributed by atoms with Crippen molar-refractivity contribution in [2.75, 3.05) is 5.32 Å². The molecule has 0 aromatic heterocycles. The molecule has 0 heterocycles. The first-order chi connectivity index (χ1) is 9.51. The van der Waals surface area contributed by atoms with Crippen molar-refractivity contribution in [3.8, 4) is 0 Å². The lowest BCUT2D eigenvalue weighted by Gasteiger charge is -2.19. The number of rotatable bonds is 3. The van der Waals surface area contributed by atoms with E-state index in [0.717, 1.165) is 0 Å². The smallest absolute Gasteiger partial charge is 0.344 e. The van der Waals surface area contributed by atoms with Crippen LogP contribution in [-0.2, 0) is 16.1 Å². The van der Waals surface area contributed by atoms with Gasteiger partial charge in [-0.15, -0.1) is 0 Å². The van der Waals surface area contributed by atoms with E-state index in [0.29, 0.717) is 11.3 Å². The van der Waals surface area contributed by atoms with Crippen molar-refractivity contribution in [2.24, 2.45) is 5.41 Å². The normalized spacial score (nSPS) is 11.9. The molecule has 0 spiro atoms. The van der Waals surface area contributed by atoms with Crippen LogP contribution in [0, 0.1) is 5.41 Å². The molecule has 0 aliphatic heterocycles. The molecule has 0 aliphatic carbocycles. The quantitative estimate of drug-likeness (QED) is 0.902. The molecule has 2 amide bonds. The summed E-state index contributed by atoms with van der Waals surface area (Å²) in [6.07, 6.45) is -4.93. The summed E-state index contributed by atoms with van der Waals surface area (Å²) in [6.45, 7) is 4.84. The van der Waals surface area contributed by atoms with E-state index in [1.165, 1.54) is 6.07 Å². The maximum absolute atomic E-state index is 12.1. The van der Waals surface area contributed by atoms with Crippen LogP contribution < -0.4 is 10.6 Å². The average Bonchev–Trinajstić information content (AvgIpc) is 2.35. The number of carbonyl (C=O) groups excluding carboxylic acids is 2. The van der Waals surface area contributed by atoms with Gasteiger partial charge < -0.3 is 10.6 Å². The molecule has 0 bridgehead atoms. The van der Waals surface area contributed by atoms with Crippen molar-refractivity contribution in [3.05, 3.63) is 29.8 Å². The molecule has 116 valence electrons. The van der Waals surface area contributed by atoms with Crippen molar-refractivity contribution in [3.63, 3.8) is 0 Å². The maximum Gasteiger partial charge on any atom is 0.471 e. The van der Waals surface area contributed by atoms with E-state index in [1.54, 1.807) is 44.3 Å². The first kappa shape index (κ1) is 17.0. The van der Waals surface area contributed by atoms with Crippen LogP contribution in [0.25, 0.3) is 0 Å². The molecule has 2 N–H and O–H groups in total. The Hall–Kier alpha value is -2.05. The summed E-state index contributed by atoms with van der Waals surface area (Å²) in [4.78, 5) is 22.7. The summed E-state index contributed by atoms with van der Waals surface area (Å²) in [5.74, 6) is -2.28. The molecule has 0 radical (unpaired) electrons. The predicted molar refractivity (Wildman–Crippen MR) is 72.4 cm³/mol. The van der Waals surface area contributed by atoms with E-state index in [4.69, 9.17) is 0 Å². The SMILES string of the molecule is CC(C)(C)C(=O)Nc1ccccc1CNC(=O)C(F)(F)F. The Morgan fingerprint density at radius 3 is 2.14 bits per heavy atom. The van der Waals surface area contributed by atoms with Gasteiger partial charge in [0.05, 0.1) is 0 Å². The van der Waals surface area contributed by atoms with E-state index in [-0.39, 0.29) is 12.5 Å². The van der Waals surface area contributed by atoms with E-state index in [1.807, 2.05) is 0 Å².